The molecule has 7 heteroatoms. The second kappa shape index (κ2) is 10.2. The van der Waals surface area contributed by atoms with Crippen molar-refractivity contribution < 1.29 is 52.1 Å². The smallest absolute Gasteiger partial charge is 0.744 e. The van der Waals surface area contributed by atoms with Gasteiger partial charge in [0.15, 0.2) is 0 Å². The third kappa shape index (κ3) is 6.04. The zero-order valence-corrected chi connectivity index (χ0v) is 20.1. The molecule has 0 amide bonds. The number of carbonyl (C=O) groups excluding carboxylic acids is 1. The van der Waals surface area contributed by atoms with E-state index in [1.807, 2.05) is 26.8 Å². The Morgan fingerprint density at radius 1 is 1.18 bits per heavy atom. The van der Waals surface area contributed by atoms with Crippen molar-refractivity contribution in [1.82, 2.24) is 0 Å². The van der Waals surface area contributed by atoms with Crippen LogP contribution >= 0.6 is 0 Å². The van der Waals surface area contributed by atoms with Crippen molar-refractivity contribution >= 4 is 21.7 Å². The Morgan fingerprint density at radius 2 is 1.79 bits per heavy atom. The van der Waals surface area contributed by atoms with Crippen LogP contribution in [0.1, 0.15) is 58.9 Å². The predicted octanol–water partition coefficient (Wildman–Crippen LogP) is 1.43. The van der Waals surface area contributed by atoms with Crippen LogP contribution in [0.5, 0.6) is 0 Å². The van der Waals surface area contributed by atoms with Crippen LogP contribution in [0, 0.1) is 5.41 Å². The van der Waals surface area contributed by atoms with Gasteiger partial charge in [0, 0.05) is 11.8 Å². The van der Waals surface area contributed by atoms with Gasteiger partial charge in [-0.2, -0.15) is 0 Å². The summed E-state index contributed by atoms with van der Waals surface area (Å²) in [5, 5.41) is 0. The molecule has 0 heterocycles. The minimum atomic E-state index is -4.74. The minimum Gasteiger partial charge on any atom is -0.744 e. The van der Waals surface area contributed by atoms with Gasteiger partial charge in [-0.05, 0) is 30.1 Å². The molecule has 2 rings (SSSR count). The van der Waals surface area contributed by atoms with Crippen LogP contribution in [-0.4, -0.2) is 25.0 Å². The van der Waals surface area contributed by atoms with Gasteiger partial charge in [-0.1, -0.05) is 70.0 Å². The van der Waals surface area contributed by atoms with Crippen molar-refractivity contribution in [3.63, 3.8) is 0 Å². The maximum atomic E-state index is 12.2. The van der Waals surface area contributed by atoms with Gasteiger partial charge in [-0.15, -0.1) is 0 Å². The first-order chi connectivity index (χ1) is 12.6. The summed E-state index contributed by atoms with van der Waals surface area (Å²) in [4.78, 5) is 11.9. The van der Waals surface area contributed by atoms with E-state index in [1.54, 1.807) is 37.3 Å². The van der Waals surface area contributed by atoms with E-state index in [0.717, 1.165) is 19.3 Å². The molecule has 5 nitrogen and oxygen atoms in total. The van der Waals surface area contributed by atoms with E-state index < -0.39 is 21.6 Å². The Kier molecular flexibility index (Phi) is 9.16. The number of benzene rings is 1. The van der Waals surface area contributed by atoms with Gasteiger partial charge < -0.3 is 9.29 Å². The third-order valence-electron chi connectivity index (χ3n) is 4.76. The summed E-state index contributed by atoms with van der Waals surface area (Å²) in [7, 11) is -4.74. The van der Waals surface area contributed by atoms with Gasteiger partial charge in [0.1, 0.15) is 16.2 Å². The molecule has 0 saturated heterocycles. The van der Waals surface area contributed by atoms with Crippen molar-refractivity contribution in [1.29, 1.82) is 0 Å². The van der Waals surface area contributed by atoms with Crippen molar-refractivity contribution in [3.05, 3.63) is 52.4 Å². The van der Waals surface area contributed by atoms with Gasteiger partial charge in [0.2, 0.25) is 0 Å². The van der Waals surface area contributed by atoms with Gasteiger partial charge in [0.05, 0.1) is 4.91 Å². The van der Waals surface area contributed by atoms with Crippen molar-refractivity contribution in [2.24, 2.45) is 5.41 Å². The molecule has 148 valence electrons. The molecule has 1 aliphatic carbocycles. The summed E-state index contributed by atoms with van der Waals surface area (Å²) in [5.41, 5.74) is 0.641. The second-order valence-electron chi connectivity index (χ2n) is 7.54. The molecule has 28 heavy (non-hydrogen) atoms. The van der Waals surface area contributed by atoms with Crippen molar-refractivity contribution in [2.45, 2.75) is 59.5 Å². The van der Waals surface area contributed by atoms with Crippen LogP contribution in [0.4, 0.5) is 0 Å². The van der Waals surface area contributed by atoms with E-state index in [4.69, 9.17) is 4.74 Å². The molecular weight excluding hydrogens is 387 g/mol. The normalized spacial score (nSPS) is 18.9. The molecule has 0 bridgehead atoms. The number of esters is 1. The molecule has 0 saturated carbocycles. The Hall–Kier alpha value is -0.920. The summed E-state index contributed by atoms with van der Waals surface area (Å²) in [5.74, 6) is -0.375. The maximum absolute atomic E-state index is 12.2. The quantitative estimate of drug-likeness (QED) is 0.292. The number of unbranched alkanes of at least 4 members (excludes halogenated alkanes) is 2. The Morgan fingerprint density at radius 3 is 2.32 bits per heavy atom. The standard InChI is InChI=1S/C21H28O5S.Na/c1-5-6-8-13-18(22)26-20-15(2)19(27(23,24)25)17(14-21(20,3)4)16-11-9-7-10-12-16;/h7,9-12,14,20H,5-6,8,13H2,1-4H3,(H,23,24,25);/q;+1/p-1. The zero-order valence-electron chi connectivity index (χ0n) is 17.3. The molecule has 0 aliphatic heterocycles. The Balaban J connectivity index is 0.00000392. The van der Waals surface area contributed by atoms with Gasteiger partial charge in [0.25, 0.3) is 0 Å². The van der Waals surface area contributed by atoms with Crippen LogP contribution < -0.4 is 29.6 Å². The van der Waals surface area contributed by atoms with Crippen molar-refractivity contribution in [2.75, 3.05) is 0 Å². The van der Waals surface area contributed by atoms with Crippen LogP contribution in [0.15, 0.2) is 46.9 Å². The molecule has 1 atom stereocenters. The van der Waals surface area contributed by atoms with E-state index in [-0.39, 0.29) is 52.4 Å². The van der Waals surface area contributed by atoms with Crippen LogP contribution in [0.3, 0.4) is 0 Å². The fourth-order valence-electron chi connectivity index (χ4n) is 3.52. The van der Waals surface area contributed by atoms with Crippen LogP contribution in [-0.2, 0) is 19.6 Å². The Bertz CT molecular complexity index is 854. The molecule has 1 unspecified atom stereocenters. The third-order valence-corrected chi connectivity index (χ3v) is 5.80. The monoisotopic (exact) mass is 414 g/mol. The number of ether oxygens (including phenoxy) is 1. The van der Waals surface area contributed by atoms with Gasteiger partial charge in [-0.3, -0.25) is 4.79 Å². The summed E-state index contributed by atoms with van der Waals surface area (Å²) in [6.45, 7) is 7.35. The predicted molar refractivity (Wildman–Crippen MR) is 105 cm³/mol. The van der Waals surface area contributed by atoms with Gasteiger partial charge in [-0.25, -0.2) is 8.42 Å². The first-order valence-corrected chi connectivity index (χ1v) is 10.6. The molecule has 1 aromatic carbocycles. The summed E-state index contributed by atoms with van der Waals surface area (Å²) < 4.78 is 41.7. The molecule has 0 aromatic heterocycles. The molecule has 1 aliphatic rings. The van der Waals surface area contributed by atoms with E-state index in [9.17, 15) is 17.8 Å². The first kappa shape index (κ1) is 25.1. The molecule has 0 radical (unpaired) electrons. The van der Waals surface area contributed by atoms with E-state index in [2.05, 4.69) is 0 Å². The fraction of sp³-hybridized carbons (Fsp3) is 0.476. The summed E-state index contributed by atoms with van der Waals surface area (Å²) in [6.07, 6.45) is 3.85. The minimum absolute atomic E-state index is 0. The number of carbonyl (C=O) groups is 1. The summed E-state index contributed by atoms with van der Waals surface area (Å²) in [6, 6.07) is 8.91. The summed E-state index contributed by atoms with van der Waals surface area (Å²) >= 11 is 0. The first-order valence-electron chi connectivity index (χ1n) is 9.22. The average molecular weight is 414 g/mol. The maximum Gasteiger partial charge on any atom is 1.00 e. The van der Waals surface area contributed by atoms with Gasteiger partial charge >= 0.3 is 35.5 Å². The molecule has 0 N–H and O–H groups in total. The fourth-order valence-corrected chi connectivity index (χ4v) is 4.46. The van der Waals surface area contributed by atoms with Crippen LogP contribution in [0.2, 0.25) is 0 Å². The molecule has 0 fully saturated rings. The van der Waals surface area contributed by atoms with E-state index in [1.165, 1.54) is 0 Å². The number of rotatable bonds is 7. The molecule has 1 aromatic rings. The van der Waals surface area contributed by atoms with E-state index in [0.29, 0.717) is 11.1 Å². The zero-order chi connectivity index (χ0) is 20.2. The Labute approximate surface area is 190 Å². The number of hydrogen-bond donors (Lipinski definition) is 0. The molecule has 0 spiro atoms. The van der Waals surface area contributed by atoms with E-state index >= 15 is 0 Å². The molecular formula is C21H27NaO5S. The number of allylic oxidation sites excluding steroid dienone is 1. The second-order valence-corrected chi connectivity index (χ2v) is 8.86. The number of hydrogen-bond acceptors (Lipinski definition) is 5. The average Bonchev–Trinajstić information content (AvgIpc) is 2.57. The van der Waals surface area contributed by atoms with Crippen molar-refractivity contribution in [3.8, 4) is 0 Å². The largest absolute Gasteiger partial charge is 1.00 e. The SMILES string of the molecule is CCCCCC(=O)OC1C(C)=C(S(=O)(=O)[O-])C(c2ccccc2)=CC1(C)C.[Na+]. The van der Waals surface area contributed by atoms with Crippen LogP contribution in [0.25, 0.3) is 5.57 Å². The topological polar surface area (TPSA) is 83.5 Å².